The molecule has 1 unspecified atom stereocenters. The summed E-state index contributed by atoms with van der Waals surface area (Å²) in [6.07, 6.45) is 0. The molecule has 0 aromatic carbocycles. The van der Waals surface area contributed by atoms with Crippen molar-refractivity contribution in [2.75, 3.05) is 0 Å². The fourth-order valence-corrected chi connectivity index (χ4v) is 0. The van der Waals surface area contributed by atoms with Crippen LogP contribution in [-0.4, -0.2) is 16.8 Å². The molecule has 0 bridgehead atoms. The second-order valence-corrected chi connectivity index (χ2v) is 1.59. The zero-order valence-electron chi connectivity index (χ0n) is 4.77. The Hall–Kier alpha value is 0.720. The molecule has 0 aliphatic carbocycles. The quantitative estimate of drug-likeness (QED) is 0.278. The Kier molecular flexibility index (Phi) is 15.3. The summed E-state index contributed by atoms with van der Waals surface area (Å²) in [5.41, 5.74) is 0. The van der Waals surface area contributed by atoms with Crippen molar-refractivity contribution < 1.29 is 44.9 Å². The van der Waals surface area contributed by atoms with E-state index in [1.165, 1.54) is 6.92 Å². The van der Waals surface area contributed by atoms with Gasteiger partial charge < -0.3 is 15.4 Å². The number of hydrogen-bond acceptors (Lipinski definition) is 2. The SMILES string of the molecule is CC(Cl)C(=O)[O-].O.[Na+]. The summed E-state index contributed by atoms with van der Waals surface area (Å²) in [5.74, 6) is -1.23. The van der Waals surface area contributed by atoms with Crippen LogP contribution in [0.5, 0.6) is 0 Å². The average molecular weight is 149 g/mol. The van der Waals surface area contributed by atoms with Crippen LogP contribution >= 0.6 is 11.6 Å². The van der Waals surface area contributed by atoms with Crippen molar-refractivity contribution in [1.82, 2.24) is 0 Å². The minimum Gasteiger partial charge on any atom is -0.549 e. The summed E-state index contributed by atoms with van der Waals surface area (Å²) in [5, 5.41) is 8.59. The van der Waals surface area contributed by atoms with Gasteiger partial charge >= 0.3 is 29.6 Å². The van der Waals surface area contributed by atoms with Gasteiger partial charge in [0, 0.05) is 0 Å². The number of carbonyl (C=O) groups excluding carboxylic acids is 1. The van der Waals surface area contributed by atoms with E-state index in [2.05, 4.69) is 0 Å². The summed E-state index contributed by atoms with van der Waals surface area (Å²) in [4.78, 5) is 9.46. The molecule has 44 valence electrons. The Balaban J connectivity index is -0.000000125. The molecule has 0 aliphatic heterocycles. The molecule has 0 aromatic rings. The predicted octanol–water partition coefficient (Wildman–Crippen LogP) is -4.46. The van der Waals surface area contributed by atoms with Crippen LogP contribution in [0.1, 0.15) is 6.92 Å². The second-order valence-electron chi connectivity index (χ2n) is 0.935. The van der Waals surface area contributed by atoms with Crippen LogP contribution in [-0.2, 0) is 4.79 Å². The number of halogens is 1. The normalized spacial score (nSPS) is 10.2. The summed E-state index contributed by atoms with van der Waals surface area (Å²) in [7, 11) is 0. The molecule has 2 N–H and O–H groups in total. The van der Waals surface area contributed by atoms with E-state index in [1.54, 1.807) is 0 Å². The van der Waals surface area contributed by atoms with E-state index in [9.17, 15) is 9.90 Å². The molecule has 0 fully saturated rings. The van der Waals surface area contributed by atoms with E-state index in [-0.39, 0.29) is 35.0 Å². The molecule has 1 atom stereocenters. The van der Waals surface area contributed by atoms with Crippen LogP contribution in [0.2, 0.25) is 0 Å². The van der Waals surface area contributed by atoms with Gasteiger partial charge in [-0.05, 0) is 6.92 Å². The number of carboxylic acids is 1. The van der Waals surface area contributed by atoms with Crippen molar-refractivity contribution in [3.8, 4) is 0 Å². The first kappa shape index (κ1) is 15.9. The van der Waals surface area contributed by atoms with Gasteiger partial charge in [0.25, 0.3) is 0 Å². The molecule has 0 aliphatic rings. The van der Waals surface area contributed by atoms with E-state index in [4.69, 9.17) is 11.6 Å². The average Bonchev–Trinajstić information content (AvgIpc) is 1.36. The van der Waals surface area contributed by atoms with Gasteiger partial charge in [-0.3, -0.25) is 0 Å². The molecule has 0 radical (unpaired) electrons. The van der Waals surface area contributed by atoms with Crippen LogP contribution < -0.4 is 34.7 Å². The van der Waals surface area contributed by atoms with Crippen LogP contribution in [0.3, 0.4) is 0 Å². The number of aliphatic carboxylic acids is 1. The summed E-state index contributed by atoms with van der Waals surface area (Å²) >= 11 is 4.95. The van der Waals surface area contributed by atoms with Crippen LogP contribution in [0.15, 0.2) is 0 Å². The summed E-state index contributed by atoms with van der Waals surface area (Å²) in [6.45, 7) is 1.34. The molecular formula is C3H6ClNaO3. The van der Waals surface area contributed by atoms with Crippen LogP contribution in [0.25, 0.3) is 0 Å². The van der Waals surface area contributed by atoms with Crippen molar-refractivity contribution in [2.45, 2.75) is 12.3 Å². The van der Waals surface area contributed by atoms with Gasteiger partial charge in [-0.1, -0.05) is 0 Å². The van der Waals surface area contributed by atoms with Gasteiger partial charge in [0.15, 0.2) is 0 Å². The van der Waals surface area contributed by atoms with Gasteiger partial charge in [0.2, 0.25) is 0 Å². The maximum atomic E-state index is 9.46. The monoisotopic (exact) mass is 148 g/mol. The third-order valence-electron chi connectivity index (χ3n) is 0.325. The largest absolute Gasteiger partial charge is 1.00 e. The summed E-state index contributed by atoms with van der Waals surface area (Å²) < 4.78 is 0. The Morgan fingerprint density at radius 1 is 1.75 bits per heavy atom. The number of alkyl halides is 1. The minimum atomic E-state index is -1.23. The number of carbonyl (C=O) groups is 1. The van der Waals surface area contributed by atoms with E-state index in [0.717, 1.165) is 0 Å². The van der Waals surface area contributed by atoms with Crippen molar-refractivity contribution in [3.05, 3.63) is 0 Å². The third-order valence-corrected chi connectivity index (χ3v) is 0.503. The van der Waals surface area contributed by atoms with Gasteiger partial charge in [0.05, 0.1) is 11.3 Å². The standard InChI is InChI=1S/C3H5ClO2.Na.H2O/c1-2(4)3(5)6;;/h2H,1H3,(H,5,6);;1H2/q;+1;/p-1. The van der Waals surface area contributed by atoms with E-state index in [0.29, 0.717) is 0 Å². The second kappa shape index (κ2) is 7.72. The van der Waals surface area contributed by atoms with Gasteiger partial charge in [-0.25, -0.2) is 0 Å². The molecule has 0 aromatic heterocycles. The van der Waals surface area contributed by atoms with E-state index < -0.39 is 11.3 Å². The first-order chi connectivity index (χ1) is 2.64. The number of carboxylic acid groups (broad SMARTS) is 1. The van der Waals surface area contributed by atoms with E-state index in [1.807, 2.05) is 0 Å². The Labute approximate surface area is 74.6 Å². The maximum absolute atomic E-state index is 9.46. The van der Waals surface area contributed by atoms with Crippen molar-refractivity contribution >= 4 is 17.6 Å². The molecule has 5 heteroatoms. The summed E-state index contributed by atoms with van der Waals surface area (Å²) in [6, 6.07) is 0. The Bertz CT molecular complexity index is 65.5. The molecule has 8 heavy (non-hydrogen) atoms. The number of hydrogen-bond donors (Lipinski definition) is 0. The van der Waals surface area contributed by atoms with Crippen molar-refractivity contribution in [1.29, 1.82) is 0 Å². The third kappa shape index (κ3) is 9.87. The maximum Gasteiger partial charge on any atom is 1.00 e. The van der Waals surface area contributed by atoms with Gasteiger partial charge in [0.1, 0.15) is 0 Å². The molecule has 0 saturated carbocycles. The zero-order chi connectivity index (χ0) is 5.15. The fourth-order valence-electron chi connectivity index (χ4n) is 0. The van der Waals surface area contributed by atoms with Gasteiger partial charge in [-0.2, -0.15) is 0 Å². The van der Waals surface area contributed by atoms with Crippen LogP contribution in [0.4, 0.5) is 0 Å². The van der Waals surface area contributed by atoms with E-state index >= 15 is 0 Å². The Morgan fingerprint density at radius 2 is 1.88 bits per heavy atom. The molecule has 0 saturated heterocycles. The first-order valence-corrected chi connectivity index (χ1v) is 1.93. The van der Waals surface area contributed by atoms with Gasteiger partial charge in [-0.15, -0.1) is 11.6 Å². The first-order valence-electron chi connectivity index (χ1n) is 1.49. The van der Waals surface area contributed by atoms with Crippen molar-refractivity contribution in [3.63, 3.8) is 0 Å². The fraction of sp³-hybridized carbons (Fsp3) is 0.667. The molecule has 0 amide bonds. The molecule has 0 heterocycles. The number of rotatable bonds is 1. The van der Waals surface area contributed by atoms with Crippen molar-refractivity contribution in [2.24, 2.45) is 0 Å². The minimum absolute atomic E-state index is 0. The zero-order valence-corrected chi connectivity index (χ0v) is 7.53. The van der Waals surface area contributed by atoms with Crippen LogP contribution in [0, 0.1) is 0 Å². The predicted molar refractivity (Wildman–Crippen MR) is 23.9 cm³/mol. The molecule has 3 nitrogen and oxygen atoms in total. The molecular weight excluding hydrogens is 142 g/mol. The smallest absolute Gasteiger partial charge is 0.549 e. The molecule has 0 spiro atoms. The Morgan fingerprint density at radius 3 is 1.88 bits per heavy atom. The molecule has 0 rings (SSSR count). The topological polar surface area (TPSA) is 71.6 Å².